The lowest BCUT2D eigenvalue weighted by Crippen LogP contribution is -2.22. The van der Waals surface area contributed by atoms with Crippen LogP contribution in [0.5, 0.6) is 0 Å². The summed E-state index contributed by atoms with van der Waals surface area (Å²) in [6.45, 7) is 1.96. The molecule has 1 N–H and O–H groups in total. The van der Waals surface area contributed by atoms with Crippen LogP contribution in [0.3, 0.4) is 0 Å². The number of rotatable bonds is 4. The zero-order valence-electron chi connectivity index (χ0n) is 10.3. The van der Waals surface area contributed by atoms with Gasteiger partial charge in [-0.1, -0.05) is 13.0 Å². The molecular weight excluding hydrogens is 232 g/mol. The molecule has 0 aliphatic heterocycles. The predicted molar refractivity (Wildman–Crippen MR) is 65.2 cm³/mol. The first-order valence-corrected chi connectivity index (χ1v) is 5.59. The van der Waals surface area contributed by atoms with Gasteiger partial charge in [-0.15, -0.1) is 0 Å². The van der Waals surface area contributed by atoms with Crippen LogP contribution in [0.2, 0.25) is 0 Å². The maximum Gasteiger partial charge on any atom is 0.278 e. The molecule has 18 heavy (non-hydrogen) atoms. The molecule has 0 saturated heterocycles. The van der Waals surface area contributed by atoms with E-state index in [1.807, 2.05) is 25.1 Å². The molecule has 0 spiro atoms. The van der Waals surface area contributed by atoms with Gasteiger partial charge in [-0.05, 0) is 18.6 Å². The third kappa shape index (κ3) is 2.23. The highest BCUT2D eigenvalue weighted by Crippen LogP contribution is 2.13. The van der Waals surface area contributed by atoms with Gasteiger partial charge in [0.05, 0.1) is 24.6 Å². The highest BCUT2D eigenvalue weighted by Gasteiger charge is 2.17. The topological polar surface area (TPSA) is 69.0 Å². The number of hydroxylamine groups is 1. The Morgan fingerprint density at radius 3 is 2.94 bits per heavy atom. The summed E-state index contributed by atoms with van der Waals surface area (Å²) in [5.41, 5.74) is 3.57. The van der Waals surface area contributed by atoms with Gasteiger partial charge in [-0.2, -0.15) is 5.10 Å². The fourth-order valence-electron chi connectivity index (χ4n) is 1.73. The molecule has 2 heterocycles. The van der Waals surface area contributed by atoms with Gasteiger partial charge in [0, 0.05) is 6.20 Å². The van der Waals surface area contributed by atoms with Gasteiger partial charge in [0.2, 0.25) is 0 Å². The summed E-state index contributed by atoms with van der Waals surface area (Å²) >= 11 is 0. The smallest absolute Gasteiger partial charge is 0.277 e. The molecule has 6 heteroatoms. The van der Waals surface area contributed by atoms with E-state index in [0.717, 1.165) is 5.69 Å². The summed E-state index contributed by atoms with van der Waals surface area (Å²) in [6, 6.07) is 5.54. The van der Waals surface area contributed by atoms with Crippen LogP contribution in [-0.2, 0) is 11.3 Å². The van der Waals surface area contributed by atoms with Crippen molar-refractivity contribution in [1.29, 1.82) is 0 Å². The normalized spacial score (nSPS) is 10.3. The molecule has 2 aromatic heterocycles. The molecule has 0 aromatic carbocycles. The van der Waals surface area contributed by atoms with Crippen molar-refractivity contribution in [3.8, 4) is 5.82 Å². The van der Waals surface area contributed by atoms with E-state index >= 15 is 0 Å². The third-order valence-electron chi connectivity index (χ3n) is 2.51. The first-order chi connectivity index (χ1) is 8.77. The fraction of sp³-hybridized carbons (Fsp3) is 0.250. The molecule has 0 saturated carbocycles. The van der Waals surface area contributed by atoms with Crippen LogP contribution in [0.1, 0.15) is 23.0 Å². The molecule has 2 aromatic rings. The molecule has 0 aliphatic carbocycles. The number of pyridine rings is 1. The summed E-state index contributed by atoms with van der Waals surface area (Å²) < 4.78 is 1.66. The number of carbonyl (C=O) groups excluding carboxylic acids is 1. The Morgan fingerprint density at radius 1 is 1.50 bits per heavy atom. The van der Waals surface area contributed by atoms with Crippen molar-refractivity contribution in [3.63, 3.8) is 0 Å². The van der Waals surface area contributed by atoms with E-state index < -0.39 is 0 Å². The molecule has 0 radical (unpaired) electrons. The molecule has 0 atom stereocenters. The average molecular weight is 246 g/mol. The van der Waals surface area contributed by atoms with Crippen molar-refractivity contribution in [2.24, 2.45) is 0 Å². The van der Waals surface area contributed by atoms with E-state index in [0.29, 0.717) is 17.8 Å². The molecule has 6 nitrogen and oxygen atoms in total. The largest absolute Gasteiger partial charge is 0.278 e. The van der Waals surface area contributed by atoms with Crippen LogP contribution in [0.25, 0.3) is 5.82 Å². The fourth-order valence-corrected chi connectivity index (χ4v) is 1.73. The molecular formula is C12H14N4O2. The lowest BCUT2D eigenvalue weighted by atomic mass is 10.2. The second-order valence-corrected chi connectivity index (χ2v) is 3.59. The lowest BCUT2D eigenvalue weighted by Gasteiger charge is -2.06. The Hall–Kier alpha value is -2.21. The van der Waals surface area contributed by atoms with E-state index in [9.17, 15) is 4.79 Å². The van der Waals surface area contributed by atoms with Crippen molar-refractivity contribution in [3.05, 3.63) is 41.9 Å². The van der Waals surface area contributed by atoms with Crippen LogP contribution in [0.15, 0.2) is 30.6 Å². The SMILES string of the molecule is CCc1c(C(=O)NOC)cnn1-c1ccccn1. The molecule has 0 bridgehead atoms. The zero-order chi connectivity index (χ0) is 13.0. The molecule has 2 rings (SSSR count). The number of amides is 1. The summed E-state index contributed by atoms with van der Waals surface area (Å²) in [5, 5.41) is 4.20. The van der Waals surface area contributed by atoms with Crippen molar-refractivity contribution in [1.82, 2.24) is 20.2 Å². The number of hydrogen-bond acceptors (Lipinski definition) is 4. The minimum Gasteiger partial charge on any atom is -0.277 e. The van der Waals surface area contributed by atoms with E-state index in [4.69, 9.17) is 0 Å². The average Bonchev–Trinajstić information content (AvgIpc) is 2.83. The number of nitrogens with zero attached hydrogens (tertiary/aromatic N) is 3. The summed E-state index contributed by atoms with van der Waals surface area (Å²) in [4.78, 5) is 20.6. The Labute approximate surface area is 105 Å². The van der Waals surface area contributed by atoms with Gasteiger partial charge in [0.15, 0.2) is 5.82 Å². The van der Waals surface area contributed by atoms with Crippen molar-refractivity contribution >= 4 is 5.91 Å². The maximum absolute atomic E-state index is 11.8. The molecule has 1 amide bonds. The highest BCUT2D eigenvalue weighted by atomic mass is 16.6. The van der Waals surface area contributed by atoms with Crippen molar-refractivity contribution in [2.75, 3.05) is 7.11 Å². The van der Waals surface area contributed by atoms with Gasteiger partial charge in [-0.3, -0.25) is 9.63 Å². The van der Waals surface area contributed by atoms with Gasteiger partial charge in [0.25, 0.3) is 5.91 Å². The van der Waals surface area contributed by atoms with E-state index in [1.165, 1.54) is 13.3 Å². The Morgan fingerprint density at radius 2 is 2.33 bits per heavy atom. The van der Waals surface area contributed by atoms with E-state index in [-0.39, 0.29) is 5.91 Å². The van der Waals surface area contributed by atoms with Crippen LogP contribution in [-0.4, -0.2) is 27.8 Å². The lowest BCUT2D eigenvalue weighted by molar-refractivity contribution is 0.0536. The summed E-state index contributed by atoms with van der Waals surface area (Å²) in [7, 11) is 1.40. The third-order valence-corrected chi connectivity index (χ3v) is 2.51. The summed E-state index contributed by atoms with van der Waals surface area (Å²) in [6.07, 6.45) is 3.87. The van der Waals surface area contributed by atoms with Crippen LogP contribution in [0, 0.1) is 0 Å². The van der Waals surface area contributed by atoms with Gasteiger partial charge < -0.3 is 0 Å². The van der Waals surface area contributed by atoms with Gasteiger partial charge in [0.1, 0.15) is 0 Å². The van der Waals surface area contributed by atoms with Crippen molar-refractivity contribution < 1.29 is 9.63 Å². The molecule has 0 fully saturated rings. The quantitative estimate of drug-likeness (QED) is 0.821. The first kappa shape index (κ1) is 12.3. The zero-order valence-corrected chi connectivity index (χ0v) is 10.3. The van der Waals surface area contributed by atoms with Crippen LogP contribution < -0.4 is 5.48 Å². The minimum absolute atomic E-state index is 0.309. The molecule has 0 aliphatic rings. The van der Waals surface area contributed by atoms with Gasteiger partial charge >= 0.3 is 0 Å². The molecule has 94 valence electrons. The number of carbonyl (C=O) groups is 1. The van der Waals surface area contributed by atoms with Crippen molar-refractivity contribution in [2.45, 2.75) is 13.3 Å². The second kappa shape index (κ2) is 5.42. The summed E-state index contributed by atoms with van der Waals surface area (Å²) in [5.74, 6) is 0.377. The van der Waals surface area contributed by atoms with Crippen LogP contribution in [0.4, 0.5) is 0 Å². The van der Waals surface area contributed by atoms with Crippen LogP contribution >= 0.6 is 0 Å². The standard InChI is InChI=1S/C12H14N4O2/c1-3-10-9(12(17)15-18-2)8-14-16(10)11-6-4-5-7-13-11/h4-8H,3H2,1-2H3,(H,15,17). The number of nitrogens with one attached hydrogen (secondary N) is 1. The number of hydrogen-bond donors (Lipinski definition) is 1. The Kier molecular flexibility index (Phi) is 3.69. The minimum atomic E-state index is -0.309. The number of aromatic nitrogens is 3. The Bertz CT molecular complexity index is 536. The highest BCUT2D eigenvalue weighted by molar-refractivity contribution is 5.94. The first-order valence-electron chi connectivity index (χ1n) is 5.59. The molecule has 0 unspecified atom stereocenters. The van der Waals surface area contributed by atoms with Gasteiger partial charge in [-0.25, -0.2) is 15.1 Å². The maximum atomic E-state index is 11.8. The Balaban J connectivity index is 2.42. The second-order valence-electron chi connectivity index (χ2n) is 3.59. The van der Waals surface area contributed by atoms with E-state index in [1.54, 1.807) is 10.9 Å². The predicted octanol–water partition coefficient (Wildman–Crippen LogP) is 1.12. The monoisotopic (exact) mass is 246 g/mol. The van der Waals surface area contributed by atoms with E-state index in [2.05, 4.69) is 20.4 Å².